The maximum absolute atomic E-state index is 14.8. The number of hydrogen-bond donors (Lipinski definition) is 8. The Hall–Kier alpha value is -6.04. The summed E-state index contributed by atoms with van der Waals surface area (Å²) in [6.07, 6.45) is 6.96. The third-order valence-corrected chi connectivity index (χ3v) is 17.6. The lowest BCUT2D eigenvalue weighted by atomic mass is 9.96. The number of hydroxylamine groups is 1. The lowest BCUT2D eigenvalue weighted by molar-refractivity contribution is -0.121. The number of aromatic nitrogens is 2. The molecule has 0 unspecified atom stereocenters. The first-order valence-electron chi connectivity index (χ1n) is 27.1. The number of nitrogens with zero attached hydrogens (tertiary/aromatic N) is 4. The van der Waals surface area contributed by atoms with E-state index in [1.165, 1.54) is 41.3 Å². The van der Waals surface area contributed by atoms with E-state index in [0.29, 0.717) is 47.2 Å². The zero-order valence-electron chi connectivity index (χ0n) is 45.6. The molecule has 0 aliphatic carbocycles. The minimum absolute atomic E-state index is 0.0773. The maximum Gasteiger partial charge on any atom is 0.277 e. The molecule has 0 atom stereocenters. The molecule has 424 valence electrons. The number of ether oxygens (including phenoxy) is 1. The van der Waals surface area contributed by atoms with E-state index in [4.69, 9.17) is 4.74 Å². The van der Waals surface area contributed by atoms with Crippen LogP contribution in [0.1, 0.15) is 74.3 Å². The molecule has 3 aromatic heterocycles. The number of piperidine rings is 1. The number of unbranched alkanes of at least 4 members (excludes halogenated alkanes) is 4. The third kappa shape index (κ3) is 16.8. The van der Waals surface area contributed by atoms with Gasteiger partial charge in [0, 0.05) is 88.1 Å². The van der Waals surface area contributed by atoms with Gasteiger partial charge in [-0.25, -0.2) is 14.9 Å². The van der Waals surface area contributed by atoms with Gasteiger partial charge in [0.2, 0.25) is 11.8 Å². The molecule has 8 aromatic rings. The number of thiazole rings is 1. The van der Waals surface area contributed by atoms with Crippen LogP contribution in [0.3, 0.4) is 0 Å². The van der Waals surface area contributed by atoms with Gasteiger partial charge in [-0.1, -0.05) is 60.9 Å². The number of benzene rings is 5. The van der Waals surface area contributed by atoms with Crippen LogP contribution in [-0.4, -0.2) is 108 Å². The van der Waals surface area contributed by atoms with Crippen molar-refractivity contribution in [2.24, 2.45) is 5.92 Å². The van der Waals surface area contributed by atoms with E-state index >= 15 is 0 Å². The largest absolute Gasteiger partial charge is 0.494 e. The van der Waals surface area contributed by atoms with E-state index in [9.17, 15) is 24.0 Å². The third-order valence-electron chi connectivity index (χ3n) is 13.6. The average molecular weight is 1180 g/mol. The van der Waals surface area contributed by atoms with Gasteiger partial charge in [-0.05, 0) is 169 Å². The highest BCUT2D eigenvalue weighted by atomic mass is 32.2. The second kappa shape index (κ2) is 30.1. The first-order valence-corrected chi connectivity index (χ1v) is 30.8. The van der Waals surface area contributed by atoms with E-state index < -0.39 is 11.7 Å². The Kier molecular flexibility index (Phi) is 22.6. The number of fused-ring (bicyclic) bond motifs is 4. The van der Waals surface area contributed by atoms with Gasteiger partial charge < -0.3 is 40.5 Å². The van der Waals surface area contributed by atoms with Gasteiger partial charge in [0.05, 0.1) is 32.3 Å². The van der Waals surface area contributed by atoms with Gasteiger partial charge in [0.1, 0.15) is 11.3 Å². The van der Waals surface area contributed by atoms with Gasteiger partial charge >= 0.3 is 0 Å². The number of rotatable bonds is 26. The van der Waals surface area contributed by atoms with Gasteiger partial charge in [0.15, 0.2) is 10.9 Å². The summed E-state index contributed by atoms with van der Waals surface area (Å²) >= 11 is 9.98. The summed E-state index contributed by atoms with van der Waals surface area (Å²) in [6.45, 7) is 9.70. The number of carbonyl (C=O) groups excluding carboxylic acids is 3. The SMILES string of the molecule is CCOc1ccc(SNc2cc3c(C(=O)NO)c(C)n(Sc4ccc(NCCCCCCCC(=O)NCCN5CCC(C(=O)Nc6nc7c(F)cc(NCCN(C)C)cc7s6)CC5)cc4)c3c3ccccc23)cc1.Sc1cccs1. The van der Waals surface area contributed by atoms with Gasteiger partial charge in [-0.15, -0.1) is 24.0 Å². The fraction of sp³-hybridized carbons (Fsp3) is 0.356. The fourth-order valence-electron chi connectivity index (χ4n) is 9.48. The standard InChI is InChI=1S/C55H67FN10O5S3.C4H4S2/c1-5-71-40-18-22-41(23-19-40)73-63-47-35-45-50(54(69)62-70)36(2)66(52(45)44-14-11-10-13-43(44)47)74-42-20-16-38(17-21-42)57-26-12-8-6-7-9-15-49(67)59-28-32-65-29-24-37(25-30-65)53(68)61-55-60-51-46(56)33-39(34-48(51)72-55)58-27-31-64(3)4;5-4-2-1-3-6-4/h10-11,13-14,16-23,33-35,37,57-58,63,70H,5-9,12,15,24-32H2,1-4H3,(H,59,67)(H,62,69)(H,60,61,68);1-3,5H. The average Bonchev–Trinajstić information content (AvgIpc) is 4.38. The molecule has 1 aliphatic heterocycles. The van der Waals surface area contributed by atoms with E-state index in [-0.39, 0.29) is 23.2 Å². The monoisotopic (exact) mass is 1180 g/mol. The van der Waals surface area contributed by atoms with Crippen LogP contribution in [0.25, 0.3) is 31.9 Å². The summed E-state index contributed by atoms with van der Waals surface area (Å²) in [7, 11) is 3.97. The lowest BCUT2D eigenvalue weighted by Crippen LogP contribution is -2.41. The Morgan fingerprint density at radius 3 is 2.27 bits per heavy atom. The highest BCUT2D eigenvalue weighted by Crippen LogP contribution is 2.42. The number of halogens is 1. The molecule has 21 heteroatoms. The molecular weight excluding hydrogens is 1110 g/mol. The molecule has 0 bridgehead atoms. The minimum atomic E-state index is -0.568. The van der Waals surface area contributed by atoms with E-state index in [1.807, 2.05) is 99.5 Å². The molecule has 80 heavy (non-hydrogen) atoms. The van der Waals surface area contributed by atoms with Crippen molar-refractivity contribution in [3.05, 3.63) is 126 Å². The highest BCUT2D eigenvalue weighted by Gasteiger charge is 2.27. The van der Waals surface area contributed by atoms with Crippen molar-refractivity contribution in [2.75, 3.05) is 87.2 Å². The minimum Gasteiger partial charge on any atom is -0.494 e. The predicted octanol–water partition coefficient (Wildman–Crippen LogP) is 13.3. The molecule has 0 radical (unpaired) electrons. The lowest BCUT2D eigenvalue weighted by Gasteiger charge is -2.31. The summed E-state index contributed by atoms with van der Waals surface area (Å²) in [5, 5.41) is 27.7. The molecule has 4 heterocycles. The number of likely N-dealkylation sites (tertiary alicyclic amines) is 1. The van der Waals surface area contributed by atoms with Gasteiger partial charge in [0.25, 0.3) is 5.91 Å². The molecule has 5 aromatic carbocycles. The Bertz CT molecular complexity index is 3300. The second-order valence-electron chi connectivity index (χ2n) is 19.7. The number of likely N-dealkylation sites (N-methyl/N-ethyl adjacent to an activating group) is 1. The first kappa shape index (κ1) is 60.1. The summed E-state index contributed by atoms with van der Waals surface area (Å²) < 4.78 is 27.8. The van der Waals surface area contributed by atoms with Crippen molar-refractivity contribution in [1.82, 2.24) is 29.6 Å². The van der Waals surface area contributed by atoms with Crippen LogP contribution < -0.4 is 36.2 Å². The number of carbonyl (C=O) groups is 3. The Morgan fingerprint density at radius 1 is 0.850 bits per heavy atom. The fourth-order valence-corrected chi connectivity index (χ4v) is 12.8. The van der Waals surface area contributed by atoms with Gasteiger partial charge in [-0.3, -0.25) is 23.6 Å². The molecule has 3 amide bonds. The van der Waals surface area contributed by atoms with Crippen molar-refractivity contribution in [2.45, 2.75) is 79.2 Å². The van der Waals surface area contributed by atoms with Crippen molar-refractivity contribution >= 4 is 131 Å². The number of hydrogen-bond acceptors (Lipinski definition) is 16. The van der Waals surface area contributed by atoms with Crippen LogP contribution in [-0.2, 0) is 9.59 Å². The maximum atomic E-state index is 14.8. The van der Waals surface area contributed by atoms with Crippen molar-refractivity contribution in [3.63, 3.8) is 0 Å². The second-order valence-corrected chi connectivity index (χ2v) is 24.4. The summed E-state index contributed by atoms with van der Waals surface area (Å²) in [4.78, 5) is 49.6. The number of thiophene rings is 1. The highest BCUT2D eigenvalue weighted by molar-refractivity contribution is 8.00. The zero-order valence-corrected chi connectivity index (χ0v) is 49.8. The van der Waals surface area contributed by atoms with Crippen LogP contribution in [0, 0.1) is 18.7 Å². The molecule has 0 saturated carbocycles. The van der Waals surface area contributed by atoms with Crippen LogP contribution >= 0.6 is 59.2 Å². The van der Waals surface area contributed by atoms with Crippen molar-refractivity contribution in [3.8, 4) is 5.75 Å². The molecule has 1 aliphatic rings. The van der Waals surface area contributed by atoms with Crippen LogP contribution in [0.15, 0.2) is 123 Å². The van der Waals surface area contributed by atoms with Gasteiger partial charge in [-0.2, -0.15) is 0 Å². The topological polar surface area (TPSA) is 177 Å². The van der Waals surface area contributed by atoms with Crippen LogP contribution in [0.5, 0.6) is 5.75 Å². The smallest absolute Gasteiger partial charge is 0.277 e. The van der Waals surface area contributed by atoms with Crippen molar-refractivity contribution in [1.29, 1.82) is 0 Å². The number of amides is 3. The molecule has 1 fully saturated rings. The molecule has 0 spiro atoms. The Balaban J connectivity index is 0.00000131. The van der Waals surface area contributed by atoms with Crippen LogP contribution in [0.2, 0.25) is 0 Å². The Labute approximate surface area is 489 Å². The molecule has 15 nitrogen and oxygen atoms in total. The number of thiol groups is 1. The number of nitrogens with one attached hydrogen (secondary N) is 6. The quantitative estimate of drug-likeness (QED) is 0.00846. The number of anilines is 4. The van der Waals surface area contributed by atoms with Crippen LogP contribution in [0.4, 0.5) is 26.6 Å². The summed E-state index contributed by atoms with van der Waals surface area (Å²) in [6, 6.07) is 33.6. The Morgan fingerprint density at radius 2 is 1.57 bits per heavy atom. The summed E-state index contributed by atoms with van der Waals surface area (Å²) in [5.41, 5.74) is 6.72. The zero-order chi connectivity index (χ0) is 56.4. The van der Waals surface area contributed by atoms with E-state index in [2.05, 4.69) is 93.8 Å². The first-order chi connectivity index (χ1) is 38.9. The molecule has 9 rings (SSSR count). The summed E-state index contributed by atoms with van der Waals surface area (Å²) in [5.74, 6) is -0.306. The predicted molar refractivity (Wildman–Crippen MR) is 333 cm³/mol. The van der Waals surface area contributed by atoms with Crippen molar-refractivity contribution < 1.29 is 28.7 Å². The molecule has 1 saturated heterocycles. The van der Waals surface area contributed by atoms with E-state index in [0.717, 1.165) is 136 Å². The normalized spacial score (nSPS) is 12.8. The molecule has 7 N–H and O–H groups in total. The molecular formula is C59H71FN10O5S5. The van der Waals surface area contributed by atoms with E-state index in [1.54, 1.807) is 11.3 Å².